The van der Waals surface area contributed by atoms with E-state index in [1.54, 1.807) is 21.6 Å². The first-order valence-corrected chi connectivity index (χ1v) is 9.72. The second-order valence-corrected chi connectivity index (χ2v) is 7.68. The molecular weight excluding hydrogens is 332 g/mol. The minimum atomic E-state index is -0.927. The van der Waals surface area contributed by atoms with Crippen LogP contribution in [0.4, 0.5) is 0 Å². The maximum Gasteiger partial charge on any atom is 0.306 e. The van der Waals surface area contributed by atoms with Crippen LogP contribution < -0.4 is 0 Å². The van der Waals surface area contributed by atoms with E-state index < -0.39 is 18.1 Å². The molecule has 2 heterocycles. The van der Waals surface area contributed by atoms with Crippen LogP contribution in [0, 0.1) is 5.92 Å². The van der Waals surface area contributed by atoms with Crippen LogP contribution in [0.5, 0.6) is 0 Å². The van der Waals surface area contributed by atoms with Gasteiger partial charge in [-0.3, -0.25) is 14.4 Å². The van der Waals surface area contributed by atoms with Gasteiger partial charge in [0.2, 0.25) is 11.8 Å². The van der Waals surface area contributed by atoms with Crippen molar-refractivity contribution in [3.05, 3.63) is 0 Å². The fourth-order valence-corrected chi connectivity index (χ4v) is 4.88. The lowest BCUT2D eigenvalue weighted by atomic mass is 10.1. The molecule has 24 heavy (non-hydrogen) atoms. The Hall–Kier alpha value is -1.28. The van der Waals surface area contributed by atoms with Crippen molar-refractivity contribution in [1.29, 1.82) is 0 Å². The van der Waals surface area contributed by atoms with Gasteiger partial charge in [0.15, 0.2) is 0 Å². The van der Waals surface area contributed by atoms with Gasteiger partial charge in [0.1, 0.15) is 6.04 Å². The third kappa shape index (κ3) is 3.85. The number of hydrogen-bond donors (Lipinski definition) is 1. The van der Waals surface area contributed by atoms with Crippen LogP contribution in [0.1, 0.15) is 32.1 Å². The maximum atomic E-state index is 12.9. The molecule has 0 aromatic heterocycles. The van der Waals surface area contributed by atoms with Crippen molar-refractivity contribution in [2.75, 3.05) is 31.3 Å². The summed E-state index contributed by atoms with van der Waals surface area (Å²) in [7, 11) is 0. The van der Waals surface area contributed by atoms with Crippen LogP contribution in [0.25, 0.3) is 0 Å². The summed E-state index contributed by atoms with van der Waals surface area (Å²) in [4.78, 5) is 39.8. The Balaban J connectivity index is 1.62. The molecule has 2 saturated heterocycles. The van der Waals surface area contributed by atoms with Gasteiger partial charge in [0, 0.05) is 24.8 Å². The SMILES string of the molecule is O=C(O)CC1CN(C(=O)C2CSCN2C(=O)C2CCCC2)CCO1. The fraction of sp³-hybridized carbons (Fsp3) is 0.812. The molecule has 3 fully saturated rings. The molecule has 0 aromatic rings. The highest BCUT2D eigenvalue weighted by Crippen LogP contribution is 2.31. The normalized spacial score (nSPS) is 28.3. The van der Waals surface area contributed by atoms with Crippen molar-refractivity contribution in [3.8, 4) is 0 Å². The van der Waals surface area contributed by atoms with Crippen LogP contribution >= 0.6 is 11.8 Å². The molecule has 134 valence electrons. The van der Waals surface area contributed by atoms with Gasteiger partial charge in [-0.05, 0) is 12.8 Å². The third-order valence-electron chi connectivity index (χ3n) is 5.01. The van der Waals surface area contributed by atoms with Crippen molar-refractivity contribution in [3.63, 3.8) is 0 Å². The number of aliphatic carboxylic acids is 1. The van der Waals surface area contributed by atoms with Crippen molar-refractivity contribution in [2.45, 2.75) is 44.2 Å². The molecule has 0 aromatic carbocycles. The Morgan fingerprint density at radius 1 is 1.17 bits per heavy atom. The second-order valence-electron chi connectivity index (χ2n) is 6.68. The van der Waals surface area contributed by atoms with Crippen LogP contribution in [0.2, 0.25) is 0 Å². The molecule has 3 rings (SSSR count). The van der Waals surface area contributed by atoms with Crippen LogP contribution in [0.3, 0.4) is 0 Å². The van der Waals surface area contributed by atoms with Crippen molar-refractivity contribution < 1.29 is 24.2 Å². The summed E-state index contributed by atoms with van der Waals surface area (Å²) in [6.07, 6.45) is 3.48. The van der Waals surface area contributed by atoms with Gasteiger partial charge in [-0.15, -0.1) is 11.8 Å². The zero-order valence-electron chi connectivity index (χ0n) is 13.7. The van der Waals surface area contributed by atoms with Gasteiger partial charge >= 0.3 is 5.97 Å². The quantitative estimate of drug-likeness (QED) is 0.801. The Labute approximate surface area is 145 Å². The molecule has 2 atom stereocenters. The molecular formula is C16H24N2O5S. The standard InChI is InChI=1S/C16H24N2O5S/c19-14(20)7-12-8-17(5-6-23-12)16(22)13-9-24-10-18(13)15(21)11-3-1-2-4-11/h11-13H,1-10H2,(H,19,20). The van der Waals surface area contributed by atoms with E-state index in [1.807, 2.05) is 0 Å². The Morgan fingerprint density at radius 3 is 2.62 bits per heavy atom. The smallest absolute Gasteiger partial charge is 0.306 e. The topological polar surface area (TPSA) is 87.2 Å². The summed E-state index contributed by atoms with van der Waals surface area (Å²) in [5.41, 5.74) is 0. The predicted molar refractivity (Wildman–Crippen MR) is 88.5 cm³/mol. The van der Waals surface area contributed by atoms with Gasteiger partial charge in [-0.1, -0.05) is 12.8 Å². The fourth-order valence-electron chi connectivity index (χ4n) is 3.72. The summed E-state index contributed by atoms with van der Waals surface area (Å²) < 4.78 is 5.43. The lowest BCUT2D eigenvalue weighted by Gasteiger charge is -2.36. The van der Waals surface area contributed by atoms with E-state index in [0.29, 0.717) is 24.8 Å². The number of carbonyl (C=O) groups is 3. The number of morpholine rings is 1. The molecule has 1 N–H and O–H groups in total. The predicted octanol–water partition coefficient (Wildman–Crippen LogP) is 0.780. The first kappa shape index (κ1) is 17.5. The number of carbonyl (C=O) groups excluding carboxylic acids is 2. The van der Waals surface area contributed by atoms with Crippen LogP contribution in [0.15, 0.2) is 0 Å². The summed E-state index contributed by atoms with van der Waals surface area (Å²) in [5, 5.41) is 8.90. The highest BCUT2D eigenvalue weighted by atomic mass is 32.2. The maximum absolute atomic E-state index is 12.9. The average Bonchev–Trinajstić information content (AvgIpc) is 3.24. The number of amides is 2. The van der Waals surface area contributed by atoms with E-state index in [1.165, 1.54) is 0 Å². The van der Waals surface area contributed by atoms with E-state index in [-0.39, 0.29) is 30.7 Å². The molecule has 3 aliphatic rings. The highest BCUT2D eigenvalue weighted by molar-refractivity contribution is 7.99. The number of hydrogen-bond acceptors (Lipinski definition) is 5. The zero-order valence-corrected chi connectivity index (χ0v) is 14.5. The van der Waals surface area contributed by atoms with Gasteiger partial charge in [-0.2, -0.15) is 0 Å². The zero-order chi connectivity index (χ0) is 17.1. The molecule has 2 amide bonds. The molecule has 2 unspecified atom stereocenters. The van der Waals surface area contributed by atoms with E-state index >= 15 is 0 Å². The molecule has 0 spiro atoms. The molecule has 0 radical (unpaired) electrons. The molecule has 2 aliphatic heterocycles. The second kappa shape index (κ2) is 7.74. The molecule has 7 nitrogen and oxygen atoms in total. The van der Waals surface area contributed by atoms with E-state index in [0.717, 1.165) is 25.7 Å². The molecule has 0 bridgehead atoms. The number of nitrogens with zero attached hydrogens (tertiary/aromatic N) is 2. The van der Waals surface area contributed by atoms with Gasteiger partial charge in [-0.25, -0.2) is 0 Å². The number of carboxylic acids is 1. The van der Waals surface area contributed by atoms with Gasteiger partial charge < -0.3 is 19.6 Å². The van der Waals surface area contributed by atoms with Crippen molar-refractivity contribution in [1.82, 2.24) is 9.80 Å². The van der Waals surface area contributed by atoms with Gasteiger partial charge in [0.05, 0.1) is 25.0 Å². The van der Waals surface area contributed by atoms with Crippen LogP contribution in [-0.2, 0) is 19.1 Å². The average molecular weight is 356 g/mol. The lowest BCUT2D eigenvalue weighted by molar-refractivity contribution is -0.152. The first-order valence-electron chi connectivity index (χ1n) is 8.56. The largest absolute Gasteiger partial charge is 0.481 e. The summed E-state index contributed by atoms with van der Waals surface area (Å²) >= 11 is 1.61. The Kier molecular flexibility index (Phi) is 5.65. The lowest BCUT2D eigenvalue weighted by Crippen LogP contribution is -2.54. The highest BCUT2D eigenvalue weighted by Gasteiger charge is 2.41. The van der Waals surface area contributed by atoms with E-state index in [2.05, 4.69) is 0 Å². The summed E-state index contributed by atoms with van der Waals surface area (Å²) in [6, 6.07) is -0.410. The third-order valence-corrected chi connectivity index (χ3v) is 6.02. The Morgan fingerprint density at radius 2 is 1.92 bits per heavy atom. The van der Waals surface area contributed by atoms with E-state index in [9.17, 15) is 14.4 Å². The first-order chi connectivity index (χ1) is 11.6. The monoisotopic (exact) mass is 356 g/mol. The molecule has 1 aliphatic carbocycles. The number of ether oxygens (including phenoxy) is 1. The van der Waals surface area contributed by atoms with Crippen LogP contribution in [-0.4, -0.2) is 76.2 Å². The van der Waals surface area contributed by atoms with E-state index in [4.69, 9.17) is 9.84 Å². The van der Waals surface area contributed by atoms with Crippen molar-refractivity contribution in [2.24, 2.45) is 5.92 Å². The number of rotatable bonds is 4. The summed E-state index contributed by atoms with van der Waals surface area (Å²) in [5.74, 6) is 0.399. The van der Waals surface area contributed by atoms with Gasteiger partial charge in [0.25, 0.3) is 0 Å². The Bertz CT molecular complexity index is 509. The summed E-state index contributed by atoms with van der Waals surface area (Å²) in [6.45, 7) is 1.10. The number of carboxylic acid groups (broad SMARTS) is 1. The number of thioether (sulfide) groups is 1. The molecule has 1 saturated carbocycles. The minimum absolute atomic E-state index is 0.0648. The minimum Gasteiger partial charge on any atom is -0.481 e. The van der Waals surface area contributed by atoms with Crippen molar-refractivity contribution >= 4 is 29.5 Å². The molecule has 8 heteroatoms.